The van der Waals surface area contributed by atoms with Crippen molar-refractivity contribution < 1.29 is 9.90 Å². The summed E-state index contributed by atoms with van der Waals surface area (Å²) in [7, 11) is 3.82. The van der Waals surface area contributed by atoms with Gasteiger partial charge in [-0.25, -0.2) is 0 Å². The van der Waals surface area contributed by atoms with E-state index in [0.717, 1.165) is 12.8 Å². The van der Waals surface area contributed by atoms with Crippen LogP contribution in [-0.4, -0.2) is 48.7 Å². The van der Waals surface area contributed by atoms with E-state index in [9.17, 15) is 9.90 Å². The molecule has 3 atom stereocenters. The molecule has 0 radical (unpaired) electrons. The summed E-state index contributed by atoms with van der Waals surface area (Å²) in [5, 5.41) is 12.1. The van der Waals surface area contributed by atoms with Gasteiger partial charge in [-0.1, -0.05) is 13.8 Å². The van der Waals surface area contributed by atoms with Gasteiger partial charge in [0.25, 0.3) is 0 Å². The Bertz CT molecular complexity index is 205. The number of nitrogens with one attached hydrogen (secondary N) is 1. The van der Waals surface area contributed by atoms with Crippen LogP contribution in [0.15, 0.2) is 0 Å². The first-order chi connectivity index (χ1) is 7.38. The molecule has 0 bridgehead atoms. The van der Waals surface area contributed by atoms with Crippen molar-refractivity contribution in [1.29, 1.82) is 0 Å². The summed E-state index contributed by atoms with van der Waals surface area (Å²) in [6.07, 6.45) is 1.23. The van der Waals surface area contributed by atoms with Gasteiger partial charge >= 0.3 is 0 Å². The maximum absolute atomic E-state index is 11.8. The summed E-state index contributed by atoms with van der Waals surface area (Å²) in [4.78, 5) is 13.7. The van der Waals surface area contributed by atoms with Gasteiger partial charge in [0.15, 0.2) is 0 Å². The lowest BCUT2D eigenvalue weighted by Gasteiger charge is -2.23. The smallest absolute Gasteiger partial charge is 0.237 e. The number of likely N-dealkylation sites (N-methyl/N-ethyl adjacent to an activating group) is 1. The number of hydrogen-bond donors (Lipinski definition) is 2. The van der Waals surface area contributed by atoms with E-state index in [0.29, 0.717) is 12.5 Å². The standard InChI is InChI=1S/C12H26N2O2/c1-6-11(14(4)5)12(16)13-8-9(2)7-10(3)15/h9-11,15H,6-8H2,1-5H3,(H,13,16). The van der Waals surface area contributed by atoms with Crippen molar-refractivity contribution in [2.45, 2.75) is 45.8 Å². The largest absolute Gasteiger partial charge is 0.393 e. The van der Waals surface area contributed by atoms with Crippen LogP contribution in [0.1, 0.15) is 33.6 Å². The molecule has 4 heteroatoms. The monoisotopic (exact) mass is 230 g/mol. The van der Waals surface area contributed by atoms with E-state index in [-0.39, 0.29) is 18.1 Å². The quantitative estimate of drug-likeness (QED) is 0.682. The predicted molar refractivity (Wildman–Crippen MR) is 66.2 cm³/mol. The zero-order valence-corrected chi connectivity index (χ0v) is 11.2. The van der Waals surface area contributed by atoms with Crippen LogP contribution in [0.5, 0.6) is 0 Å². The van der Waals surface area contributed by atoms with E-state index in [1.165, 1.54) is 0 Å². The van der Waals surface area contributed by atoms with Crippen molar-refractivity contribution in [3.63, 3.8) is 0 Å². The molecule has 0 aromatic rings. The molecule has 0 fully saturated rings. The molecule has 0 aliphatic heterocycles. The van der Waals surface area contributed by atoms with Gasteiger partial charge in [-0.05, 0) is 39.8 Å². The molecule has 0 saturated heterocycles. The number of hydrogen-bond acceptors (Lipinski definition) is 3. The number of carbonyl (C=O) groups excluding carboxylic acids is 1. The molecule has 4 nitrogen and oxygen atoms in total. The molecule has 0 spiro atoms. The Labute approximate surface area is 99.0 Å². The molecule has 0 saturated carbocycles. The van der Waals surface area contributed by atoms with Gasteiger partial charge in [0.05, 0.1) is 12.1 Å². The molecular weight excluding hydrogens is 204 g/mol. The average molecular weight is 230 g/mol. The van der Waals surface area contributed by atoms with E-state index in [2.05, 4.69) is 5.32 Å². The second-order valence-corrected chi connectivity index (χ2v) is 4.82. The third-order valence-corrected chi connectivity index (χ3v) is 2.68. The number of aliphatic hydroxyl groups is 1. The first-order valence-electron chi connectivity index (χ1n) is 6.00. The minimum absolute atomic E-state index is 0.0567. The minimum Gasteiger partial charge on any atom is -0.393 e. The topological polar surface area (TPSA) is 52.6 Å². The summed E-state index contributed by atoms with van der Waals surface area (Å²) in [6, 6.07) is -0.0567. The van der Waals surface area contributed by atoms with Crippen LogP contribution >= 0.6 is 0 Å². The van der Waals surface area contributed by atoms with Crippen molar-refractivity contribution >= 4 is 5.91 Å². The van der Waals surface area contributed by atoms with Gasteiger partial charge < -0.3 is 10.4 Å². The molecule has 0 aliphatic carbocycles. The molecule has 2 N–H and O–H groups in total. The van der Waals surface area contributed by atoms with E-state index in [4.69, 9.17) is 0 Å². The molecule has 0 aromatic heterocycles. The first-order valence-corrected chi connectivity index (χ1v) is 6.00. The molecule has 0 aliphatic rings. The Hall–Kier alpha value is -0.610. The fourth-order valence-corrected chi connectivity index (χ4v) is 1.84. The Balaban J connectivity index is 3.96. The highest BCUT2D eigenvalue weighted by Crippen LogP contribution is 2.05. The highest BCUT2D eigenvalue weighted by Gasteiger charge is 2.18. The second-order valence-electron chi connectivity index (χ2n) is 4.82. The highest BCUT2D eigenvalue weighted by molar-refractivity contribution is 5.81. The van der Waals surface area contributed by atoms with E-state index in [1.54, 1.807) is 6.92 Å². The van der Waals surface area contributed by atoms with Crippen molar-refractivity contribution in [3.8, 4) is 0 Å². The third kappa shape index (κ3) is 6.08. The molecule has 1 amide bonds. The first kappa shape index (κ1) is 15.4. The van der Waals surface area contributed by atoms with Gasteiger partial charge in [-0.2, -0.15) is 0 Å². The lowest BCUT2D eigenvalue weighted by Crippen LogP contribution is -2.44. The fourth-order valence-electron chi connectivity index (χ4n) is 1.84. The highest BCUT2D eigenvalue weighted by atomic mass is 16.3. The number of rotatable bonds is 7. The Kier molecular flexibility index (Phi) is 7.34. The Morgan fingerprint density at radius 2 is 1.94 bits per heavy atom. The van der Waals surface area contributed by atoms with Gasteiger partial charge in [0, 0.05) is 6.54 Å². The zero-order chi connectivity index (χ0) is 12.7. The fraction of sp³-hybridized carbons (Fsp3) is 0.917. The van der Waals surface area contributed by atoms with E-state index >= 15 is 0 Å². The minimum atomic E-state index is -0.303. The van der Waals surface area contributed by atoms with Crippen LogP contribution in [0.3, 0.4) is 0 Å². The summed E-state index contributed by atoms with van der Waals surface area (Å²) in [5.41, 5.74) is 0. The Morgan fingerprint density at radius 3 is 2.31 bits per heavy atom. The van der Waals surface area contributed by atoms with E-state index in [1.807, 2.05) is 32.8 Å². The van der Waals surface area contributed by atoms with Crippen LogP contribution in [-0.2, 0) is 4.79 Å². The molecule has 0 heterocycles. The molecule has 16 heavy (non-hydrogen) atoms. The van der Waals surface area contributed by atoms with Crippen molar-refractivity contribution in [2.24, 2.45) is 5.92 Å². The number of aliphatic hydroxyl groups excluding tert-OH is 1. The average Bonchev–Trinajstić information content (AvgIpc) is 2.14. The van der Waals surface area contributed by atoms with Crippen LogP contribution in [0, 0.1) is 5.92 Å². The van der Waals surface area contributed by atoms with Crippen LogP contribution in [0.25, 0.3) is 0 Å². The number of carbonyl (C=O) groups is 1. The van der Waals surface area contributed by atoms with Crippen molar-refractivity contribution in [3.05, 3.63) is 0 Å². The summed E-state index contributed by atoms with van der Waals surface area (Å²) < 4.78 is 0. The summed E-state index contributed by atoms with van der Waals surface area (Å²) in [6.45, 7) is 6.44. The summed E-state index contributed by atoms with van der Waals surface area (Å²) in [5.74, 6) is 0.383. The van der Waals surface area contributed by atoms with Crippen LogP contribution < -0.4 is 5.32 Å². The molecule has 96 valence electrons. The van der Waals surface area contributed by atoms with Gasteiger partial charge in [-0.15, -0.1) is 0 Å². The van der Waals surface area contributed by atoms with Crippen molar-refractivity contribution in [1.82, 2.24) is 10.2 Å². The summed E-state index contributed by atoms with van der Waals surface area (Å²) >= 11 is 0. The maximum Gasteiger partial charge on any atom is 0.237 e. The normalized spacial score (nSPS) is 16.9. The lowest BCUT2D eigenvalue weighted by molar-refractivity contribution is -0.125. The SMILES string of the molecule is CCC(C(=O)NCC(C)CC(C)O)N(C)C. The second kappa shape index (κ2) is 7.63. The van der Waals surface area contributed by atoms with Gasteiger partial charge in [-0.3, -0.25) is 9.69 Å². The maximum atomic E-state index is 11.8. The lowest BCUT2D eigenvalue weighted by atomic mass is 10.0. The molecule has 3 unspecified atom stereocenters. The van der Waals surface area contributed by atoms with Gasteiger partial charge in [0.1, 0.15) is 0 Å². The molecular formula is C12H26N2O2. The van der Waals surface area contributed by atoms with Crippen LogP contribution in [0.4, 0.5) is 0 Å². The van der Waals surface area contributed by atoms with Gasteiger partial charge in [0.2, 0.25) is 5.91 Å². The molecule has 0 rings (SSSR count). The van der Waals surface area contributed by atoms with Crippen molar-refractivity contribution in [2.75, 3.05) is 20.6 Å². The Morgan fingerprint density at radius 1 is 1.38 bits per heavy atom. The predicted octanol–water partition coefficient (Wildman–Crippen LogP) is 0.850. The van der Waals surface area contributed by atoms with E-state index < -0.39 is 0 Å². The molecule has 0 aromatic carbocycles. The number of amides is 1. The zero-order valence-electron chi connectivity index (χ0n) is 11.2. The number of nitrogens with zero attached hydrogens (tertiary/aromatic N) is 1. The van der Waals surface area contributed by atoms with Crippen LogP contribution in [0.2, 0.25) is 0 Å². The third-order valence-electron chi connectivity index (χ3n) is 2.68.